The summed E-state index contributed by atoms with van der Waals surface area (Å²) in [6.45, 7) is 0. The van der Waals surface area contributed by atoms with Crippen LogP contribution in [0.5, 0.6) is 0 Å². The van der Waals surface area contributed by atoms with Crippen LogP contribution in [-0.2, 0) is 10.0 Å². The summed E-state index contributed by atoms with van der Waals surface area (Å²) < 4.78 is 55.9. The minimum Gasteiger partial charge on any atom is -0.265 e. The lowest BCUT2D eigenvalue weighted by molar-refractivity contribution is 0.588. The molecule has 3 heterocycles. The first-order valence-electron chi connectivity index (χ1n) is 9.64. The highest BCUT2D eigenvalue weighted by molar-refractivity contribution is 7.90. The molecule has 0 atom stereocenters. The van der Waals surface area contributed by atoms with Crippen molar-refractivity contribution < 1.29 is 17.2 Å². The maximum absolute atomic E-state index is 13.8. The van der Waals surface area contributed by atoms with Crippen molar-refractivity contribution in [2.24, 2.45) is 0 Å². The number of aromatic nitrogens is 3. The number of hydrogen-bond donors (Lipinski definition) is 0. The van der Waals surface area contributed by atoms with Crippen LogP contribution in [0.2, 0.25) is 0 Å². The Labute approximate surface area is 182 Å². The fourth-order valence-corrected chi connectivity index (χ4v) is 5.24. The van der Waals surface area contributed by atoms with E-state index in [4.69, 9.17) is 0 Å². The average Bonchev–Trinajstić information content (AvgIpc) is 3.16. The Hall–Kier alpha value is -3.91. The van der Waals surface area contributed by atoms with Crippen LogP contribution >= 0.6 is 0 Å². The van der Waals surface area contributed by atoms with Crippen LogP contribution in [0.1, 0.15) is 0 Å². The summed E-state index contributed by atoms with van der Waals surface area (Å²) >= 11 is 0. The molecule has 0 aliphatic heterocycles. The lowest BCUT2D eigenvalue weighted by Gasteiger charge is -2.13. The van der Waals surface area contributed by atoms with Gasteiger partial charge in [0, 0.05) is 29.7 Å². The second kappa shape index (κ2) is 7.65. The fourth-order valence-electron chi connectivity index (χ4n) is 3.71. The summed E-state index contributed by atoms with van der Waals surface area (Å²) in [5, 5.41) is 0. The zero-order chi connectivity index (χ0) is 22.3. The zero-order valence-corrected chi connectivity index (χ0v) is 17.3. The van der Waals surface area contributed by atoms with Crippen molar-refractivity contribution in [2.75, 3.05) is 0 Å². The fraction of sp³-hybridized carbons (Fsp3) is 0. The predicted octanol–water partition coefficient (Wildman–Crippen LogP) is 5.28. The van der Waals surface area contributed by atoms with Crippen molar-refractivity contribution in [3.63, 3.8) is 0 Å². The molecular weight excluding hydrogens is 432 g/mol. The molecule has 0 saturated heterocycles. The van der Waals surface area contributed by atoms with Crippen molar-refractivity contribution >= 4 is 21.1 Å². The number of rotatable bonds is 4. The van der Waals surface area contributed by atoms with Gasteiger partial charge in [-0.2, -0.15) is 0 Å². The lowest BCUT2D eigenvalue weighted by Crippen LogP contribution is -2.14. The number of benzene rings is 2. The Morgan fingerprint density at radius 2 is 1.34 bits per heavy atom. The maximum Gasteiger partial charge on any atom is 0.268 e. The van der Waals surface area contributed by atoms with Gasteiger partial charge in [0.25, 0.3) is 10.0 Å². The van der Waals surface area contributed by atoms with Crippen molar-refractivity contribution in [1.82, 2.24) is 13.9 Å². The summed E-state index contributed by atoms with van der Waals surface area (Å²) in [4.78, 5) is 8.42. The molecule has 0 N–H and O–H groups in total. The molecule has 5 aromatic rings. The van der Waals surface area contributed by atoms with Gasteiger partial charge in [0.05, 0.1) is 21.6 Å². The molecule has 5 nitrogen and oxygen atoms in total. The minimum absolute atomic E-state index is 0.0689. The second-order valence-electron chi connectivity index (χ2n) is 7.06. The molecule has 0 unspecified atom stereocenters. The summed E-state index contributed by atoms with van der Waals surface area (Å²) in [5.41, 5.74) is 2.88. The van der Waals surface area contributed by atoms with Crippen LogP contribution in [0.3, 0.4) is 0 Å². The van der Waals surface area contributed by atoms with E-state index >= 15 is 0 Å². The van der Waals surface area contributed by atoms with E-state index in [2.05, 4.69) is 9.97 Å². The highest BCUT2D eigenvalue weighted by Gasteiger charge is 2.29. The standard InChI is InChI=1S/C24H15F2N3O2S/c25-18-5-3-16(4-6-18)22-23-21(2-1-13-28-23)29(24(22)17-11-14-27-15-12-17)32(30,31)20-9-7-19(26)8-10-20/h1-15H. The number of hydrogen-bond acceptors (Lipinski definition) is 4. The molecule has 158 valence electrons. The van der Waals surface area contributed by atoms with Gasteiger partial charge in [0.2, 0.25) is 0 Å². The van der Waals surface area contributed by atoms with Gasteiger partial charge in [0.15, 0.2) is 0 Å². The monoisotopic (exact) mass is 447 g/mol. The van der Waals surface area contributed by atoms with Crippen LogP contribution in [0.15, 0.2) is 96.3 Å². The Bertz CT molecular complexity index is 1530. The quantitative estimate of drug-likeness (QED) is 0.376. The molecule has 8 heteroatoms. The van der Waals surface area contributed by atoms with Crippen molar-refractivity contribution in [3.05, 3.63) is 103 Å². The second-order valence-corrected chi connectivity index (χ2v) is 8.85. The predicted molar refractivity (Wildman–Crippen MR) is 117 cm³/mol. The lowest BCUT2D eigenvalue weighted by atomic mass is 10.0. The Morgan fingerprint density at radius 3 is 2.00 bits per heavy atom. The first-order chi connectivity index (χ1) is 15.5. The van der Waals surface area contributed by atoms with Gasteiger partial charge in [-0.3, -0.25) is 9.97 Å². The third kappa shape index (κ3) is 3.25. The third-order valence-corrected chi connectivity index (χ3v) is 6.85. The molecule has 0 spiro atoms. The molecular formula is C24H15F2N3O2S. The van der Waals surface area contributed by atoms with Crippen molar-refractivity contribution in [2.45, 2.75) is 4.90 Å². The summed E-state index contributed by atoms with van der Waals surface area (Å²) in [6.07, 6.45) is 4.69. The zero-order valence-electron chi connectivity index (χ0n) is 16.5. The summed E-state index contributed by atoms with van der Waals surface area (Å²) in [7, 11) is -4.14. The van der Waals surface area contributed by atoms with E-state index in [9.17, 15) is 17.2 Å². The maximum atomic E-state index is 13.8. The SMILES string of the molecule is O=S(=O)(c1ccc(F)cc1)n1c(-c2ccncc2)c(-c2ccc(F)cc2)c2ncccc21. The number of pyridine rings is 2. The summed E-state index contributed by atoms with van der Waals surface area (Å²) in [5.74, 6) is -0.945. The summed E-state index contributed by atoms with van der Waals surface area (Å²) in [6, 6.07) is 17.1. The van der Waals surface area contributed by atoms with Crippen molar-refractivity contribution in [3.8, 4) is 22.4 Å². The molecule has 0 radical (unpaired) electrons. The molecule has 32 heavy (non-hydrogen) atoms. The highest BCUT2D eigenvalue weighted by atomic mass is 32.2. The van der Waals surface area contributed by atoms with Gasteiger partial charge < -0.3 is 0 Å². The molecule has 0 bridgehead atoms. The smallest absolute Gasteiger partial charge is 0.265 e. The first kappa shape index (κ1) is 20.0. The van der Waals surface area contributed by atoms with Gasteiger partial charge in [0.1, 0.15) is 11.6 Å². The minimum atomic E-state index is -4.14. The van der Waals surface area contributed by atoms with E-state index in [-0.39, 0.29) is 4.90 Å². The number of halogens is 2. The average molecular weight is 447 g/mol. The third-order valence-electron chi connectivity index (χ3n) is 5.12. The Morgan fingerprint density at radius 1 is 0.719 bits per heavy atom. The van der Waals surface area contributed by atoms with Gasteiger partial charge in [-0.1, -0.05) is 12.1 Å². The van der Waals surface area contributed by atoms with E-state index in [0.29, 0.717) is 33.4 Å². The van der Waals surface area contributed by atoms with Crippen LogP contribution < -0.4 is 0 Å². The van der Waals surface area contributed by atoms with Crippen LogP contribution in [0.25, 0.3) is 33.4 Å². The number of nitrogens with zero attached hydrogens (tertiary/aromatic N) is 3. The van der Waals surface area contributed by atoms with Gasteiger partial charge in [-0.25, -0.2) is 21.2 Å². The normalized spacial score (nSPS) is 11.7. The van der Waals surface area contributed by atoms with Crippen LogP contribution in [0.4, 0.5) is 8.78 Å². The van der Waals surface area contributed by atoms with E-state index in [1.54, 1.807) is 55.0 Å². The molecule has 0 aliphatic rings. The molecule has 3 aromatic heterocycles. The molecule has 0 saturated carbocycles. The van der Waals surface area contributed by atoms with Crippen LogP contribution in [-0.4, -0.2) is 22.4 Å². The molecule has 2 aromatic carbocycles. The Balaban J connectivity index is 1.93. The van der Waals surface area contributed by atoms with E-state index in [0.717, 1.165) is 12.1 Å². The molecule has 5 rings (SSSR count). The topological polar surface area (TPSA) is 64.8 Å². The Kier molecular flexibility index (Phi) is 4.79. The molecule has 0 fully saturated rings. The van der Waals surface area contributed by atoms with Crippen LogP contribution in [0, 0.1) is 11.6 Å². The van der Waals surface area contributed by atoms with Crippen molar-refractivity contribution in [1.29, 1.82) is 0 Å². The number of fused-ring (bicyclic) bond motifs is 1. The first-order valence-corrected chi connectivity index (χ1v) is 11.1. The molecule has 0 aliphatic carbocycles. The van der Waals surface area contributed by atoms with E-state index in [1.807, 2.05) is 0 Å². The van der Waals surface area contributed by atoms with E-state index in [1.165, 1.54) is 28.2 Å². The van der Waals surface area contributed by atoms with E-state index < -0.39 is 21.7 Å². The van der Waals surface area contributed by atoms with Gasteiger partial charge in [-0.15, -0.1) is 0 Å². The van der Waals surface area contributed by atoms with Gasteiger partial charge in [-0.05, 0) is 66.2 Å². The largest absolute Gasteiger partial charge is 0.268 e. The highest BCUT2D eigenvalue weighted by Crippen LogP contribution is 2.41. The molecule has 0 amide bonds. The van der Waals surface area contributed by atoms with Gasteiger partial charge >= 0.3 is 0 Å².